The largest absolute Gasteiger partial charge is 0.348 e. The molecule has 2 nitrogen and oxygen atoms in total. The molecule has 1 saturated heterocycles. The lowest BCUT2D eigenvalue weighted by molar-refractivity contribution is -0.206. The van der Waals surface area contributed by atoms with Gasteiger partial charge in [-0.25, -0.2) is 13.2 Å². The molecule has 3 aromatic carbocycles. The highest BCUT2D eigenvalue weighted by Gasteiger charge is 2.24. The summed E-state index contributed by atoms with van der Waals surface area (Å²) in [5, 5.41) is 0. The van der Waals surface area contributed by atoms with Crippen LogP contribution in [0.15, 0.2) is 66.7 Å². The Morgan fingerprint density at radius 2 is 1.46 bits per heavy atom. The van der Waals surface area contributed by atoms with Gasteiger partial charge in [0, 0.05) is 22.6 Å². The summed E-state index contributed by atoms with van der Waals surface area (Å²) in [6.07, 6.45) is 9.05. The van der Waals surface area contributed by atoms with Crippen LogP contribution < -0.4 is 0 Å². The van der Waals surface area contributed by atoms with Gasteiger partial charge < -0.3 is 9.47 Å². The second-order valence-electron chi connectivity index (χ2n) is 9.66. The summed E-state index contributed by atoms with van der Waals surface area (Å²) in [4.78, 5) is 0. The summed E-state index contributed by atoms with van der Waals surface area (Å²) in [5.74, 6) is -1.70. The third-order valence-electron chi connectivity index (χ3n) is 6.86. The van der Waals surface area contributed by atoms with Gasteiger partial charge in [0.1, 0.15) is 5.82 Å². The SMILES string of the molecule is CCC=CCc1ccc(-c2ccc(-c3ccc(C4OCC(CCCCC)CO4)cc3F)cc2)c(F)c1F. The van der Waals surface area contributed by atoms with E-state index in [0.717, 1.165) is 12.8 Å². The lowest BCUT2D eigenvalue weighted by Crippen LogP contribution is -2.27. The van der Waals surface area contributed by atoms with Crippen molar-refractivity contribution >= 4 is 0 Å². The Bertz CT molecular complexity index is 1200. The van der Waals surface area contributed by atoms with Gasteiger partial charge in [0.2, 0.25) is 0 Å². The van der Waals surface area contributed by atoms with Gasteiger partial charge in [-0.1, -0.05) is 93.8 Å². The molecule has 0 amide bonds. The van der Waals surface area contributed by atoms with Gasteiger partial charge in [-0.2, -0.15) is 0 Å². The van der Waals surface area contributed by atoms with E-state index < -0.39 is 17.9 Å². The quantitative estimate of drug-likeness (QED) is 0.201. The van der Waals surface area contributed by atoms with Crippen molar-refractivity contribution in [3.8, 4) is 22.3 Å². The van der Waals surface area contributed by atoms with E-state index in [4.69, 9.17) is 9.47 Å². The van der Waals surface area contributed by atoms with Crippen LogP contribution in [0.4, 0.5) is 13.2 Å². The number of rotatable bonds is 10. The summed E-state index contributed by atoms with van der Waals surface area (Å²) in [7, 11) is 0. The monoisotopic (exact) mass is 508 g/mol. The average Bonchev–Trinajstić information content (AvgIpc) is 2.92. The third-order valence-corrected chi connectivity index (χ3v) is 6.86. The van der Waals surface area contributed by atoms with Gasteiger partial charge in [-0.15, -0.1) is 0 Å². The molecular formula is C32H35F3O2. The van der Waals surface area contributed by atoms with Crippen LogP contribution in [-0.4, -0.2) is 13.2 Å². The van der Waals surface area contributed by atoms with E-state index in [1.807, 2.05) is 25.1 Å². The van der Waals surface area contributed by atoms with Crippen LogP contribution in [0.3, 0.4) is 0 Å². The predicted molar refractivity (Wildman–Crippen MR) is 143 cm³/mol. The van der Waals surface area contributed by atoms with E-state index in [9.17, 15) is 8.78 Å². The predicted octanol–water partition coefficient (Wildman–Crippen LogP) is 9.19. The zero-order valence-corrected chi connectivity index (χ0v) is 21.6. The van der Waals surface area contributed by atoms with Gasteiger partial charge in [0.05, 0.1) is 13.2 Å². The minimum atomic E-state index is -0.870. The number of unbranched alkanes of at least 4 members (excludes halogenated alkanes) is 2. The summed E-state index contributed by atoms with van der Waals surface area (Å²) >= 11 is 0. The minimum absolute atomic E-state index is 0.183. The normalized spacial score (nSPS) is 18.0. The zero-order chi connectivity index (χ0) is 26.2. The Morgan fingerprint density at radius 3 is 2.11 bits per heavy atom. The molecule has 3 aromatic rings. The summed E-state index contributed by atoms with van der Waals surface area (Å²) in [5.41, 5.74) is 2.76. The first-order chi connectivity index (χ1) is 18.0. The highest BCUT2D eigenvalue weighted by molar-refractivity contribution is 5.71. The number of allylic oxidation sites excluding steroid dienone is 2. The lowest BCUT2D eigenvalue weighted by Gasteiger charge is -2.29. The van der Waals surface area contributed by atoms with E-state index in [2.05, 4.69) is 6.92 Å². The van der Waals surface area contributed by atoms with Crippen molar-refractivity contribution in [2.24, 2.45) is 5.92 Å². The van der Waals surface area contributed by atoms with E-state index in [1.54, 1.807) is 42.5 Å². The Kier molecular flexibility index (Phi) is 9.59. The van der Waals surface area contributed by atoms with Crippen molar-refractivity contribution in [2.75, 3.05) is 13.2 Å². The van der Waals surface area contributed by atoms with Gasteiger partial charge in [-0.3, -0.25) is 0 Å². The lowest BCUT2D eigenvalue weighted by atomic mass is 9.97. The number of benzene rings is 3. The van der Waals surface area contributed by atoms with Crippen LogP contribution in [0.2, 0.25) is 0 Å². The van der Waals surface area contributed by atoms with Gasteiger partial charge in [-0.05, 0) is 42.0 Å². The van der Waals surface area contributed by atoms with Gasteiger partial charge in [0.15, 0.2) is 17.9 Å². The first kappa shape index (κ1) is 27.2. The number of halogens is 3. The van der Waals surface area contributed by atoms with Crippen LogP contribution in [-0.2, 0) is 15.9 Å². The molecule has 0 bridgehead atoms. The summed E-state index contributed by atoms with van der Waals surface area (Å²) < 4.78 is 56.2. The topological polar surface area (TPSA) is 18.5 Å². The first-order valence-corrected chi connectivity index (χ1v) is 13.3. The van der Waals surface area contributed by atoms with E-state index in [-0.39, 0.29) is 11.4 Å². The van der Waals surface area contributed by atoms with Crippen molar-refractivity contribution in [1.82, 2.24) is 0 Å². The second-order valence-corrected chi connectivity index (χ2v) is 9.66. The van der Waals surface area contributed by atoms with Crippen LogP contribution >= 0.6 is 0 Å². The molecule has 1 heterocycles. The maximum Gasteiger partial charge on any atom is 0.183 e. The van der Waals surface area contributed by atoms with Crippen LogP contribution in [0.1, 0.15) is 63.4 Å². The molecule has 0 radical (unpaired) electrons. The van der Waals surface area contributed by atoms with Crippen molar-refractivity contribution < 1.29 is 22.6 Å². The standard InChI is InChI=1S/C32H35F3O2/c1-3-5-7-9-22-20-36-32(37-21-22)26-16-17-27(29(33)19-26)23-11-13-24(14-12-23)28-18-15-25(10-8-6-4-2)30(34)31(28)35/h6,8,11-19,22,32H,3-5,7,9-10,20-21H2,1-2H3. The third kappa shape index (κ3) is 6.71. The maximum atomic E-state index is 15.1. The number of ether oxygens (including phenoxy) is 2. The molecule has 5 heteroatoms. The molecule has 0 saturated carbocycles. The summed E-state index contributed by atoms with van der Waals surface area (Å²) in [6.45, 7) is 5.41. The molecule has 1 aliphatic heterocycles. The fourth-order valence-electron chi connectivity index (χ4n) is 4.67. The Morgan fingerprint density at radius 1 is 0.784 bits per heavy atom. The van der Waals surface area contributed by atoms with Crippen molar-refractivity contribution in [2.45, 2.75) is 58.7 Å². The molecule has 37 heavy (non-hydrogen) atoms. The molecule has 0 aromatic heterocycles. The van der Waals surface area contributed by atoms with E-state index >= 15 is 4.39 Å². The zero-order valence-electron chi connectivity index (χ0n) is 21.6. The number of hydrogen-bond acceptors (Lipinski definition) is 2. The van der Waals surface area contributed by atoms with Crippen molar-refractivity contribution in [1.29, 1.82) is 0 Å². The fraction of sp³-hybridized carbons (Fsp3) is 0.375. The highest BCUT2D eigenvalue weighted by atomic mass is 19.2. The average molecular weight is 509 g/mol. The van der Waals surface area contributed by atoms with Crippen molar-refractivity contribution in [3.63, 3.8) is 0 Å². The maximum absolute atomic E-state index is 15.1. The minimum Gasteiger partial charge on any atom is -0.348 e. The highest BCUT2D eigenvalue weighted by Crippen LogP contribution is 2.33. The van der Waals surface area contributed by atoms with Crippen LogP contribution in [0, 0.1) is 23.4 Å². The van der Waals surface area contributed by atoms with Gasteiger partial charge >= 0.3 is 0 Å². The molecule has 0 aliphatic carbocycles. The Labute approximate surface area is 218 Å². The molecule has 1 fully saturated rings. The van der Waals surface area contributed by atoms with Gasteiger partial charge in [0.25, 0.3) is 0 Å². The molecule has 0 atom stereocenters. The molecule has 4 rings (SSSR count). The molecule has 0 unspecified atom stereocenters. The Balaban J connectivity index is 1.44. The van der Waals surface area contributed by atoms with Crippen molar-refractivity contribution in [3.05, 3.63) is 95.3 Å². The van der Waals surface area contributed by atoms with E-state index in [1.165, 1.54) is 25.3 Å². The Hall–Kier alpha value is -2.89. The van der Waals surface area contributed by atoms with Crippen LogP contribution in [0.25, 0.3) is 22.3 Å². The molecular weight excluding hydrogens is 473 g/mol. The summed E-state index contributed by atoms with van der Waals surface area (Å²) in [6, 6.07) is 15.0. The second kappa shape index (κ2) is 13.1. The molecule has 1 aliphatic rings. The van der Waals surface area contributed by atoms with Crippen LogP contribution in [0.5, 0.6) is 0 Å². The molecule has 0 N–H and O–H groups in total. The molecule has 0 spiro atoms. The molecule has 196 valence electrons. The first-order valence-electron chi connectivity index (χ1n) is 13.3. The van der Waals surface area contributed by atoms with E-state index in [0.29, 0.717) is 53.4 Å². The fourth-order valence-corrected chi connectivity index (χ4v) is 4.67. The smallest absolute Gasteiger partial charge is 0.183 e. The number of hydrogen-bond donors (Lipinski definition) is 0.